The molecule has 0 radical (unpaired) electrons. The first kappa shape index (κ1) is 11.1. The van der Waals surface area contributed by atoms with E-state index in [2.05, 4.69) is 0 Å². The Balaban J connectivity index is 4.22. The van der Waals surface area contributed by atoms with Gasteiger partial charge in [-0.15, -0.1) is 0 Å². The molecular weight excluding hydrogens is 156 g/mol. The van der Waals surface area contributed by atoms with Gasteiger partial charge in [-0.1, -0.05) is 20.3 Å². The number of carbonyl (C=O) groups is 2. The average Bonchev–Trinajstić information content (AvgIpc) is 1.98. The predicted octanol–water partition coefficient (Wildman–Crippen LogP) is 1.71. The number of carboxylic acid groups (broad SMARTS) is 1. The molecule has 0 aliphatic heterocycles. The SMILES string of the molecule is CCC(C)C(CC(C)=O)C(=O)O. The molecule has 0 heterocycles. The lowest BCUT2D eigenvalue weighted by Gasteiger charge is -2.16. The summed E-state index contributed by atoms with van der Waals surface area (Å²) >= 11 is 0. The first-order valence-electron chi connectivity index (χ1n) is 4.21. The van der Waals surface area contributed by atoms with Gasteiger partial charge in [0.25, 0.3) is 0 Å². The van der Waals surface area contributed by atoms with E-state index in [1.807, 2.05) is 13.8 Å². The van der Waals surface area contributed by atoms with E-state index in [0.29, 0.717) is 0 Å². The highest BCUT2D eigenvalue weighted by Crippen LogP contribution is 2.19. The normalized spacial score (nSPS) is 15.2. The van der Waals surface area contributed by atoms with E-state index >= 15 is 0 Å². The minimum Gasteiger partial charge on any atom is -0.481 e. The second kappa shape index (κ2) is 4.91. The number of carboxylic acids is 1. The summed E-state index contributed by atoms with van der Waals surface area (Å²) in [4.78, 5) is 21.4. The molecule has 12 heavy (non-hydrogen) atoms. The van der Waals surface area contributed by atoms with Gasteiger partial charge < -0.3 is 9.90 Å². The molecule has 1 N–H and O–H groups in total. The van der Waals surface area contributed by atoms with Crippen LogP contribution in [0.15, 0.2) is 0 Å². The highest BCUT2D eigenvalue weighted by Gasteiger charge is 2.24. The van der Waals surface area contributed by atoms with E-state index in [9.17, 15) is 9.59 Å². The molecule has 0 aliphatic rings. The summed E-state index contributed by atoms with van der Waals surface area (Å²) < 4.78 is 0. The molecule has 0 saturated heterocycles. The van der Waals surface area contributed by atoms with Crippen LogP contribution in [0.2, 0.25) is 0 Å². The van der Waals surface area contributed by atoms with Gasteiger partial charge >= 0.3 is 5.97 Å². The van der Waals surface area contributed by atoms with Gasteiger partial charge in [0.1, 0.15) is 5.78 Å². The zero-order valence-corrected chi connectivity index (χ0v) is 7.83. The van der Waals surface area contributed by atoms with Gasteiger partial charge in [0.15, 0.2) is 0 Å². The molecule has 0 spiro atoms. The van der Waals surface area contributed by atoms with Crippen LogP contribution in [0.5, 0.6) is 0 Å². The van der Waals surface area contributed by atoms with E-state index in [0.717, 1.165) is 6.42 Å². The van der Waals surface area contributed by atoms with Crippen LogP contribution in [0, 0.1) is 11.8 Å². The summed E-state index contributed by atoms with van der Waals surface area (Å²) in [7, 11) is 0. The second-order valence-corrected chi connectivity index (χ2v) is 3.24. The van der Waals surface area contributed by atoms with Crippen molar-refractivity contribution in [1.29, 1.82) is 0 Å². The standard InChI is InChI=1S/C9H16O3/c1-4-6(2)8(9(11)12)5-7(3)10/h6,8H,4-5H2,1-3H3,(H,11,12). The van der Waals surface area contributed by atoms with Crippen molar-refractivity contribution in [2.24, 2.45) is 11.8 Å². The molecule has 0 saturated carbocycles. The van der Waals surface area contributed by atoms with Crippen molar-refractivity contribution in [3.05, 3.63) is 0 Å². The van der Waals surface area contributed by atoms with E-state index in [4.69, 9.17) is 5.11 Å². The Kier molecular flexibility index (Phi) is 4.55. The van der Waals surface area contributed by atoms with Gasteiger partial charge in [-0.05, 0) is 12.8 Å². The van der Waals surface area contributed by atoms with Crippen LogP contribution in [0.1, 0.15) is 33.6 Å². The van der Waals surface area contributed by atoms with Crippen molar-refractivity contribution in [1.82, 2.24) is 0 Å². The van der Waals surface area contributed by atoms with E-state index < -0.39 is 11.9 Å². The molecule has 2 unspecified atom stereocenters. The van der Waals surface area contributed by atoms with Gasteiger partial charge in [-0.2, -0.15) is 0 Å². The van der Waals surface area contributed by atoms with Crippen LogP contribution in [0.4, 0.5) is 0 Å². The maximum Gasteiger partial charge on any atom is 0.307 e. The van der Waals surface area contributed by atoms with Crippen LogP contribution in [0.25, 0.3) is 0 Å². The lowest BCUT2D eigenvalue weighted by Crippen LogP contribution is -2.23. The highest BCUT2D eigenvalue weighted by molar-refractivity contribution is 5.82. The van der Waals surface area contributed by atoms with E-state index in [1.165, 1.54) is 6.92 Å². The molecule has 0 bridgehead atoms. The summed E-state index contributed by atoms with van der Waals surface area (Å²) in [5.74, 6) is -1.35. The third-order valence-electron chi connectivity index (χ3n) is 2.16. The molecule has 70 valence electrons. The molecule has 0 amide bonds. The molecule has 0 aliphatic carbocycles. The third kappa shape index (κ3) is 3.51. The van der Waals surface area contributed by atoms with Crippen molar-refractivity contribution in [2.45, 2.75) is 33.6 Å². The van der Waals surface area contributed by atoms with Gasteiger partial charge in [0.05, 0.1) is 5.92 Å². The number of carbonyl (C=O) groups excluding carboxylic acids is 1. The molecule has 0 aromatic rings. The molecule has 2 atom stereocenters. The average molecular weight is 172 g/mol. The Hall–Kier alpha value is -0.860. The third-order valence-corrected chi connectivity index (χ3v) is 2.16. The zero-order chi connectivity index (χ0) is 9.72. The van der Waals surface area contributed by atoms with Gasteiger partial charge in [-0.25, -0.2) is 0 Å². The van der Waals surface area contributed by atoms with Crippen LogP contribution >= 0.6 is 0 Å². The van der Waals surface area contributed by atoms with Gasteiger partial charge in [0, 0.05) is 6.42 Å². The fourth-order valence-electron chi connectivity index (χ4n) is 1.13. The number of Topliss-reactive ketones (excluding diaryl/α,β-unsaturated/α-hetero) is 1. The fraction of sp³-hybridized carbons (Fsp3) is 0.778. The summed E-state index contributed by atoms with van der Waals surface area (Å²) in [5.41, 5.74) is 0. The number of hydrogen-bond donors (Lipinski definition) is 1. The fourth-order valence-corrected chi connectivity index (χ4v) is 1.13. The summed E-state index contributed by atoms with van der Waals surface area (Å²) in [5, 5.41) is 8.77. The van der Waals surface area contributed by atoms with Gasteiger partial charge in [0.2, 0.25) is 0 Å². The van der Waals surface area contributed by atoms with Crippen molar-refractivity contribution in [3.8, 4) is 0 Å². The molecule has 0 rings (SSSR count). The maximum atomic E-state index is 10.7. The molecular formula is C9H16O3. The minimum atomic E-state index is -0.862. The maximum absolute atomic E-state index is 10.7. The summed E-state index contributed by atoms with van der Waals surface area (Å²) in [6.07, 6.45) is 0.953. The number of aliphatic carboxylic acids is 1. The Morgan fingerprint density at radius 3 is 2.17 bits per heavy atom. The largest absolute Gasteiger partial charge is 0.481 e. The summed E-state index contributed by atoms with van der Waals surface area (Å²) in [6.45, 7) is 5.22. The van der Waals surface area contributed by atoms with Crippen LogP contribution in [-0.2, 0) is 9.59 Å². The molecule has 0 aromatic carbocycles. The number of rotatable bonds is 5. The smallest absolute Gasteiger partial charge is 0.307 e. The summed E-state index contributed by atoms with van der Waals surface area (Å²) in [6, 6.07) is 0. The first-order chi connectivity index (χ1) is 5.49. The lowest BCUT2D eigenvalue weighted by molar-refractivity contribution is -0.145. The van der Waals surface area contributed by atoms with E-state index in [-0.39, 0.29) is 18.1 Å². The van der Waals surface area contributed by atoms with Crippen LogP contribution < -0.4 is 0 Å². The van der Waals surface area contributed by atoms with Crippen molar-refractivity contribution < 1.29 is 14.7 Å². The Labute approximate surface area is 72.8 Å². The first-order valence-corrected chi connectivity index (χ1v) is 4.21. The van der Waals surface area contributed by atoms with E-state index in [1.54, 1.807) is 0 Å². The predicted molar refractivity (Wildman–Crippen MR) is 45.9 cm³/mol. The lowest BCUT2D eigenvalue weighted by atomic mass is 9.88. The quantitative estimate of drug-likeness (QED) is 0.686. The number of hydrogen-bond acceptors (Lipinski definition) is 2. The molecule has 3 heteroatoms. The Morgan fingerprint density at radius 1 is 1.42 bits per heavy atom. The highest BCUT2D eigenvalue weighted by atomic mass is 16.4. The van der Waals surface area contributed by atoms with Crippen molar-refractivity contribution >= 4 is 11.8 Å². The van der Waals surface area contributed by atoms with Crippen molar-refractivity contribution in [2.75, 3.05) is 0 Å². The van der Waals surface area contributed by atoms with Crippen LogP contribution in [-0.4, -0.2) is 16.9 Å². The van der Waals surface area contributed by atoms with Crippen LogP contribution in [0.3, 0.4) is 0 Å². The second-order valence-electron chi connectivity index (χ2n) is 3.24. The van der Waals surface area contributed by atoms with Crippen molar-refractivity contribution in [3.63, 3.8) is 0 Å². The minimum absolute atomic E-state index is 0.0531. The monoisotopic (exact) mass is 172 g/mol. The van der Waals surface area contributed by atoms with Gasteiger partial charge in [-0.3, -0.25) is 4.79 Å². The molecule has 3 nitrogen and oxygen atoms in total. The molecule has 0 aromatic heterocycles. The zero-order valence-electron chi connectivity index (χ0n) is 7.83. The Bertz CT molecular complexity index is 175. The Morgan fingerprint density at radius 2 is 1.92 bits per heavy atom. The molecule has 0 fully saturated rings. The topological polar surface area (TPSA) is 54.4 Å². The number of ketones is 1.